The Morgan fingerprint density at radius 3 is 2.78 bits per heavy atom. The minimum atomic E-state index is -0.537. The Kier molecular flexibility index (Phi) is 4.56. The van der Waals surface area contributed by atoms with Crippen LogP contribution in [0.5, 0.6) is 0 Å². The second-order valence-electron chi connectivity index (χ2n) is 5.94. The third-order valence-electron chi connectivity index (χ3n) is 4.09. The molecule has 0 spiro atoms. The third-order valence-corrected chi connectivity index (χ3v) is 4.33. The van der Waals surface area contributed by atoms with Gasteiger partial charge < -0.3 is 10.2 Å². The van der Waals surface area contributed by atoms with Gasteiger partial charge in [0.2, 0.25) is 5.95 Å². The maximum atomic E-state index is 14.3. The molecule has 0 radical (unpaired) electrons. The number of anilines is 4. The van der Waals surface area contributed by atoms with Gasteiger partial charge in [-0.1, -0.05) is 23.7 Å². The Morgan fingerprint density at radius 1 is 1.04 bits per heavy atom. The molecule has 5 nitrogen and oxygen atoms in total. The SMILES string of the molecule is CN(c1cccc(Cl)c1)c1ncc(F)c(Nc2ccc3ncccc3c2)n1. The Labute approximate surface area is 160 Å². The van der Waals surface area contributed by atoms with Gasteiger partial charge in [-0.15, -0.1) is 0 Å². The van der Waals surface area contributed by atoms with Crippen LogP contribution in [0.1, 0.15) is 0 Å². The molecule has 134 valence electrons. The zero-order valence-corrected chi connectivity index (χ0v) is 15.2. The summed E-state index contributed by atoms with van der Waals surface area (Å²) in [4.78, 5) is 14.4. The molecule has 0 fully saturated rings. The molecule has 0 aliphatic rings. The number of pyridine rings is 1. The number of rotatable bonds is 4. The van der Waals surface area contributed by atoms with Crippen LogP contribution in [0.2, 0.25) is 5.02 Å². The van der Waals surface area contributed by atoms with Gasteiger partial charge in [0, 0.05) is 35.0 Å². The van der Waals surface area contributed by atoms with E-state index >= 15 is 0 Å². The molecule has 0 amide bonds. The van der Waals surface area contributed by atoms with Gasteiger partial charge in [-0.3, -0.25) is 4.98 Å². The Balaban J connectivity index is 1.65. The zero-order valence-electron chi connectivity index (χ0n) is 14.4. The second-order valence-corrected chi connectivity index (χ2v) is 6.38. The Morgan fingerprint density at radius 2 is 1.93 bits per heavy atom. The molecule has 27 heavy (non-hydrogen) atoms. The number of halogens is 2. The van der Waals surface area contributed by atoms with Crippen molar-refractivity contribution in [2.24, 2.45) is 0 Å². The fourth-order valence-corrected chi connectivity index (χ4v) is 2.88. The highest BCUT2D eigenvalue weighted by atomic mass is 35.5. The number of nitrogens with zero attached hydrogens (tertiary/aromatic N) is 4. The van der Waals surface area contributed by atoms with Crippen LogP contribution in [-0.2, 0) is 0 Å². The van der Waals surface area contributed by atoms with E-state index in [0.29, 0.717) is 16.7 Å². The van der Waals surface area contributed by atoms with Gasteiger partial charge in [-0.25, -0.2) is 9.37 Å². The van der Waals surface area contributed by atoms with Crippen molar-refractivity contribution in [3.63, 3.8) is 0 Å². The van der Waals surface area contributed by atoms with Crippen molar-refractivity contribution in [2.75, 3.05) is 17.3 Å². The number of benzene rings is 2. The van der Waals surface area contributed by atoms with Crippen molar-refractivity contribution in [3.05, 3.63) is 77.8 Å². The molecular formula is C20H15ClFN5. The first-order valence-corrected chi connectivity index (χ1v) is 8.61. The lowest BCUT2D eigenvalue weighted by Gasteiger charge is -2.18. The van der Waals surface area contributed by atoms with Crippen molar-refractivity contribution >= 4 is 45.6 Å². The molecule has 0 saturated carbocycles. The van der Waals surface area contributed by atoms with Gasteiger partial charge in [0.15, 0.2) is 11.6 Å². The summed E-state index contributed by atoms with van der Waals surface area (Å²) < 4.78 is 14.3. The fraction of sp³-hybridized carbons (Fsp3) is 0.0500. The summed E-state index contributed by atoms with van der Waals surface area (Å²) >= 11 is 6.04. The van der Waals surface area contributed by atoms with E-state index in [0.717, 1.165) is 22.8 Å². The highest BCUT2D eigenvalue weighted by molar-refractivity contribution is 6.30. The van der Waals surface area contributed by atoms with Crippen molar-refractivity contribution in [3.8, 4) is 0 Å². The van der Waals surface area contributed by atoms with Crippen LogP contribution in [0, 0.1) is 5.82 Å². The molecule has 0 aliphatic carbocycles. The molecule has 2 aromatic carbocycles. The van der Waals surface area contributed by atoms with Crippen molar-refractivity contribution < 1.29 is 4.39 Å². The Hall–Kier alpha value is -3.25. The van der Waals surface area contributed by atoms with Gasteiger partial charge in [0.1, 0.15) is 0 Å². The van der Waals surface area contributed by atoms with E-state index in [1.807, 2.05) is 42.5 Å². The third kappa shape index (κ3) is 3.66. The van der Waals surface area contributed by atoms with Crippen molar-refractivity contribution in [1.82, 2.24) is 15.0 Å². The molecule has 2 heterocycles. The molecular weight excluding hydrogens is 365 g/mol. The van der Waals surface area contributed by atoms with E-state index in [1.165, 1.54) is 0 Å². The average molecular weight is 380 g/mol. The molecule has 0 unspecified atom stereocenters. The predicted octanol–water partition coefficient (Wildman–Crippen LogP) is 5.33. The van der Waals surface area contributed by atoms with Gasteiger partial charge in [0.05, 0.1) is 11.7 Å². The molecule has 0 aliphatic heterocycles. The minimum absolute atomic E-state index is 0.0946. The van der Waals surface area contributed by atoms with E-state index in [2.05, 4.69) is 20.3 Å². The van der Waals surface area contributed by atoms with Crippen LogP contribution in [0.4, 0.5) is 27.5 Å². The summed E-state index contributed by atoms with van der Waals surface area (Å²) in [6.07, 6.45) is 2.88. The average Bonchev–Trinajstić information content (AvgIpc) is 2.69. The lowest BCUT2D eigenvalue weighted by Crippen LogP contribution is -2.14. The van der Waals surface area contributed by atoms with Crippen LogP contribution < -0.4 is 10.2 Å². The van der Waals surface area contributed by atoms with Gasteiger partial charge in [-0.2, -0.15) is 4.98 Å². The molecule has 2 aromatic heterocycles. The summed E-state index contributed by atoms with van der Waals surface area (Å²) in [6.45, 7) is 0. The van der Waals surface area contributed by atoms with Gasteiger partial charge in [0.25, 0.3) is 0 Å². The summed E-state index contributed by atoms with van der Waals surface area (Å²) in [7, 11) is 1.80. The van der Waals surface area contributed by atoms with Crippen molar-refractivity contribution in [1.29, 1.82) is 0 Å². The molecule has 4 aromatic rings. The van der Waals surface area contributed by atoms with E-state index in [-0.39, 0.29) is 5.82 Å². The molecule has 0 bridgehead atoms. The Bertz CT molecular complexity index is 1120. The number of nitrogens with one attached hydrogen (secondary N) is 1. The molecule has 0 saturated heterocycles. The zero-order chi connectivity index (χ0) is 18.8. The topological polar surface area (TPSA) is 53.9 Å². The number of hydrogen-bond acceptors (Lipinski definition) is 5. The molecule has 1 N–H and O–H groups in total. The van der Waals surface area contributed by atoms with Gasteiger partial charge in [-0.05, 0) is 42.5 Å². The first-order valence-electron chi connectivity index (χ1n) is 8.24. The number of fused-ring (bicyclic) bond motifs is 1. The highest BCUT2D eigenvalue weighted by Crippen LogP contribution is 2.26. The highest BCUT2D eigenvalue weighted by Gasteiger charge is 2.12. The first kappa shape index (κ1) is 17.2. The van der Waals surface area contributed by atoms with Gasteiger partial charge >= 0.3 is 0 Å². The monoisotopic (exact) mass is 379 g/mol. The number of aromatic nitrogens is 3. The maximum absolute atomic E-state index is 14.3. The van der Waals surface area contributed by atoms with E-state index < -0.39 is 5.82 Å². The lowest BCUT2D eigenvalue weighted by molar-refractivity contribution is 0.618. The molecule has 7 heteroatoms. The fourth-order valence-electron chi connectivity index (χ4n) is 2.70. The summed E-state index contributed by atoms with van der Waals surface area (Å²) in [5.41, 5.74) is 2.38. The van der Waals surface area contributed by atoms with E-state index in [1.54, 1.807) is 30.3 Å². The summed E-state index contributed by atoms with van der Waals surface area (Å²) in [6, 6.07) is 16.7. The molecule has 0 atom stereocenters. The van der Waals surface area contributed by atoms with Crippen molar-refractivity contribution in [2.45, 2.75) is 0 Å². The van der Waals surface area contributed by atoms with Crippen LogP contribution in [0.3, 0.4) is 0 Å². The quantitative estimate of drug-likeness (QED) is 0.519. The second kappa shape index (κ2) is 7.17. The maximum Gasteiger partial charge on any atom is 0.231 e. The lowest BCUT2D eigenvalue weighted by atomic mass is 10.2. The van der Waals surface area contributed by atoms with Crippen LogP contribution >= 0.6 is 11.6 Å². The van der Waals surface area contributed by atoms with Crippen LogP contribution in [-0.4, -0.2) is 22.0 Å². The first-order chi connectivity index (χ1) is 13.1. The van der Waals surface area contributed by atoms with E-state index in [9.17, 15) is 4.39 Å². The molecule has 4 rings (SSSR count). The predicted molar refractivity (Wildman–Crippen MR) is 107 cm³/mol. The minimum Gasteiger partial charge on any atom is -0.338 e. The largest absolute Gasteiger partial charge is 0.338 e. The smallest absolute Gasteiger partial charge is 0.231 e. The van der Waals surface area contributed by atoms with Crippen LogP contribution in [0.15, 0.2) is 67.0 Å². The summed E-state index contributed by atoms with van der Waals surface area (Å²) in [5, 5.41) is 4.57. The van der Waals surface area contributed by atoms with E-state index in [4.69, 9.17) is 11.6 Å². The normalized spacial score (nSPS) is 10.8. The number of hydrogen-bond donors (Lipinski definition) is 1. The standard InChI is InChI=1S/C20H15ClFN5/c1-27(16-6-2-5-14(21)11-16)20-24-12-17(22)19(26-20)25-15-7-8-18-13(10-15)4-3-9-23-18/h2-12H,1H3,(H,24,25,26). The summed E-state index contributed by atoms with van der Waals surface area (Å²) in [5.74, 6) is -0.0923. The van der Waals surface area contributed by atoms with Crippen LogP contribution in [0.25, 0.3) is 10.9 Å².